The molecular weight excluding hydrogens is 414 g/mol. The van der Waals surface area contributed by atoms with E-state index in [9.17, 15) is 0 Å². The summed E-state index contributed by atoms with van der Waals surface area (Å²) in [6, 6.07) is 36.8. The van der Waals surface area contributed by atoms with Gasteiger partial charge in [-0.05, 0) is 59.9 Å². The first-order valence-electron chi connectivity index (χ1n) is 11.8. The van der Waals surface area contributed by atoms with E-state index >= 15 is 0 Å². The monoisotopic (exact) mass is 437 g/mol. The minimum atomic E-state index is 0.935. The van der Waals surface area contributed by atoms with E-state index in [-0.39, 0.29) is 0 Å². The lowest BCUT2D eigenvalue weighted by atomic mass is 9.97. The third-order valence-electron chi connectivity index (χ3n) is 6.95. The number of fused-ring (bicyclic) bond motifs is 5. The molecule has 1 aliphatic rings. The van der Waals surface area contributed by atoms with Gasteiger partial charge in [-0.25, -0.2) is 4.98 Å². The second kappa shape index (κ2) is 7.60. The average Bonchev–Trinajstić information content (AvgIpc) is 3.09. The molecule has 0 unspecified atom stereocenters. The van der Waals surface area contributed by atoms with Crippen LogP contribution in [-0.4, -0.2) is 9.55 Å². The summed E-state index contributed by atoms with van der Waals surface area (Å²) >= 11 is 0. The van der Waals surface area contributed by atoms with Crippen LogP contribution < -0.4 is 5.32 Å². The first-order chi connectivity index (χ1) is 16.9. The Morgan fingerprint density at radius 3 is 2.38 bits per heavy atom. The topological polar surface area (TPSA) is 29.9 Å². The summed E-state index contributed by atoms with van der Waals surface area (Å²) in [5, 5.41) is 6.26. The number of benzene rings is 4. The van der Waals surface area contributed by atoms with Crippen LogP contribution in [0, 0.1) is 0 Å². The molecule has 0 radical (unpaired) electrons. The lowest BCUT2D eigenvalue weighted by Crippen LogP contribution is -1.98. The second-order valence-corrected chi connectivity index (χ2v) is 8.89. The Balaban J connectivity index is 1.47. The second-order valence-electron chi connectivity index (χ2n) is 8.89. The molecule has 0 amide bonds. The van der Waals surface area contributed by atoms with Crippen LogP contribution in [-0.2, 0) is 12.8 Å². The van der Waals surface area contributed by atoms with Gasteiger partial charge in [0.25, 0.3) is 0 Å². The highest BCUT2D eigenvalue weighted by atomic mass is 15.1. The molecule has 6 aromatic rings. The number of nitrogens with one attached hydrogen (secondary N) is 1. The number of nitrogens with zero attached hydrogens (tertiary/aromatic N) is 2. The Kier molecular flexibility index (Phi) is 4.28. The molecule has 0 saturated heterocycles. The summed E-state index contributed by atoms with van der Waals surface area (Å²) in [5.74, 6) is 0.935. The van der Waals surface area contributed by atoms with E-state index in [1.165, 1.54) is 55.4 Å². The van der Waals surface area contributed by atoms with E-state index < -0.39 is 0 Å². The third-order valence-corrected chi connectivity index (χ3v) is 6.95. The highest BCUT2D eigenvalue weighted by Crippen LogP contribution is 2.40. The molecule has 1 aliphatic heterocycles. The van der Waals surface area contributed by atoms with Crippen LogP contribution in [0.5, 0.6) is 0 Å². The Morgan fingerprint density at radius 2 is 1.44 bits per heavy atom. The van der Waals surface area contributed by atoms with Crippen molar-refractivity contribution in [2.75, 3.05) is 5.32 Å². The lowest BCUT2D eigenvalue weighted by molar-refractivity contribution is 0.978. The first-order valence-corrected chi connectivity index (χ1v) is 11.8. The van der Waals surface area contributed by atoms with Crippen molar-refractivity contribution in [3.8, 4) is 16.9 Å². The maximum atomic E-state index is 4.68. The molecule has 7 rings (SSSR count). The van der Waals surface area contributed by atoms with Crippen molar-refractivity contribution >= 4 is 33.2 Å². The van der Waals surface area contributed by atoms with Gasteiger partial charge in [0.15, 0.2) is 0 Å². The number of hydrogen-bond donors (Lipinski definition) is 1. The molecule has 0 spiro atoms. The average molecular weight is 438 g/mol. The van der Waals surface area contributed by atoms with E-state index in [1.807, 2.05) is 18.3 Å². The summed E-state index contributed by atoms with van der Waals surface area (Å²) in [5.41, 5.74) is 9.93. The molecule has 162 valence electrons. The Morgan fingerprint density at radius 1 is 0.647 bits per heavy atom. The van der Waals surface area contributed by atoms with Crippen LogP contribution in [0.25, 0.3) is 38.8 Å². The van der Waals surface area contributed by atoms with Gasteiger partial charge < -0.3 is 5.32 Å². The van der Waals surface area contributed by atoms with E-state index in [0.29, 0.717) is 0 Å². The van der Waals surface area contributed by atoms with Gasteiger partial charge in [0, 0.05) is 33.9 Å². The van der Waals surface area contributed by atoms with Crippen LogP contribution in [0.3, 0.4) is 0 Å². The quantitative estimate of drug-likeness (QED) is 0.301. The third kappa shape index (κ3) is 2.94. The number of pyridine rings is 1. The van der Waals surface area contributed by atoms with Crippen molar-refractivity contribution in [3.05, 3.63) is 120 Å². The highest BCUT2D eigenvalue weighted by molar-refractivity contribution is 6.10. The van der Waals surface area contributed by atoms with Crippen molar-refractivity contribution in [2.24, 2.45) is 0 Å². The fourth-order valence-electron chi connectivity index (χ4n) is 5.33. The smallest absolute Gasteiger partial charge is 0.137 e. The summed E-state index contributed by atoms with van der Waals surface area (Å²) in [7, 11) is 0. The zero-order valence-corrected chi connectivity index (χ0v) is 18.7. The molecule has 2 aromatic heterocycles. The Labute approximate surface area is 198 Å². The van der Waals surface area contributed by atoms with E-state index in [2.05, 4.69) is 106 Å². The number of aromatic nitrogens is 2. The molecule has 0 fully saturated rings. The molecule has 0 bridgehead atoms. The lowest BCUT2D eigenvalue weighted by Gasteiger charge is -2.16. The number of aryl methyl sites for hydroxylation is 2. The van der Waals surface area contributed by atoms with Crippen molar-refractivity contribution in [2.45, 2.75) is 12.8 Å². The summed E-state index contributed by atoms with van der Waals surface area (Å²) < 4.78 is 2.28. The van der Waals surface area contributed by atoms with Crippen molar-refractivity contribution in [1.29, 1.82) is 0 Å². The van der Waals surface area contributed by atoms with E-state index in [4.69, 9.17) is 0 Å². The van der Waals surface area contributed by atoms with Gasteiger partial charge in [0.1, 0.15) is 5.82 Å². The standard InChI is InChI=1S/C31H23N3/c1-3-12-27-21(8-1)15-16-22-9-7-11-24(31(22)33-27)23-17-18-26-25-10-2-4-13-28(25)34(29(26)20-23)30-14-5-6-19-32-30/h1-14,17-20,33H,15-16H2. The van der Waals surface area contributed by atoms with Gasteiger partial charge in [0.2, 0.25) is 0 Å². The zero-order valence-electron chi connectivity index (χ0n) is 18.7. The van der Waals surface area contributed by atoms with Crippen LogP contribution in [0.15, 0.2) is 109 Å². The van der Waals surface area contributed by atoms with Gasteiger partial charge in [-0.15, -0.1) is 0 Å². The number of rotatable bonds is 2. The van der Waals surface area contributed by atoms with Gasteiger partial charge in [-0.3, -0.25) is 4.57 Å². The highest BCUT2D eigenvalue weighted by Gasteiger charge is 2.18. The van der Waals surface area contributed by atoms with Gasteiger partial charge in [-0.2, -0.15) is 0 Å². The molecule has 0 atom stereocenters. The Bertz CT molecular complexity index is 1680. The van der Waals surface area contributed by atoms with Crippen LogP contribution in [0.1, 0.15) is 11.1 Å². The molecule has 34 heavy (non-hydrogen) atoms. The Hall–Kier alpha value is -4.37. The molecule has 1 N–H and O–H groups in total. The predicted octanol–water partition coefficient (Wildman–Crippen LogP) is 7.69. The number of anilines is 2. The van der Waals surface area contributed by atoms with Crippen LogP contribution in [0.2, 0.25) is 0 Å². The van der Waals surface area contributed by atoms with Gasteiger partial charge >= 0.3 is 0 Å². The fraction of sp³-hybridized carbons (Fsp3) is 0.0645. The summed E-state index contributed by atoms with van der Waals surface area (Å²) in [6.07, 6.45) is 3.94. The minimum Gasteiger partial charge on any atom is -0.355 e. The fourth-order valence-corrected chi connectivity index (χ4v) is 5.33. The number of para-hydroxylation sites is 3. The molecule has 3 heteroatoms. The maximum absolute atomic E-state index is 4.68. The van der Waals surface area contributed by atoms with Crippen LogP contribution in [0.4, 0.5) is 11.4 Å². The van der Waals surface area contributed by atoms with Gasteiger partial charge in [-0.1, -0.05) is 72.8 Å². The van der Waals surface area contributed by atoms with E-state index in [0.717, 1.165) is 18.7 Å². The normalized spacial score (nSPS) is 12.7. The summed E-state index contributed by atoms with van der Waals surface area (Å²) in [6.45, 7) is 0. The molecule has 4 aromatic carbocycles. The van der Waals surface area contributed by atoms with Crippen molar-refractivity contribution in [3.63, 3.8) is 0 Å². The van der Waals surface area contributed by atoms with Crippen molar-refractivity contribution < 1.29 is 0 Å². The SMILES string of the molecule is c1ccc(-n2c3ccccc3c3ccc(-c4cccc5c4Nc4ccccc4CC5)cc32)nc1. The largest absolute Gasteiger partial charge is 0.355 e. The first kappa shape index (κ1) is 19.1. The summed E-state index contributed by atoms with van der Waals surface area (Å²) in [4.78, 5) is 4.68. The minimum absolute atomic E-state index is 0.935. The van der Waals surface area contributed by atoms with E-state index in [1.54, 1.807) is 0 Å². The number of hydrogen-bond acceptors (Lipinski definition) is 2. The molecule has 0 aliphatic carbocycles. The maximum Gasteiger partial charge on any atom is 0.137 e. The molecule has 0 saturated carbocycles. The molecule has 3 heterocycles. The van der Waals surface area contributed by atoms with Crippen molar-refractivity contribution in [1.82, 2.24) is 9.55 Å². The molecule has 3 nitrogen and oxygen atoms in total. The molecular formula is C31H23N3. The van der Waals surface area contributed by atoms with Crippen LogP contribution >= 0.6 is 0 Å². The predicted molar refractivity (Wildman–Crippen MR) is 141 cm³/mol. The zero-order chi connectivity index (χ0) is 22.5. The van der Waals surface area contributed by atoms with Gasteiger partial charge in [0.05, 0.1) is 11.0 Å².